The van der Waals surface area contributed by atoms with E-state index in [0.717, 1.165) is 30.0 Å². The molecule has 7 heteroatoms. The van der Waals surface area contributed by atoms with Crippen LogP contribution < -0.4 is 5.32 Å². The Morgan fingerprint density at radius 3 is 2.52 bits per heavy atom. The van der Waals surface area contributed by atoms with E-state index in [2.05, 4.69) is 30.7 Å². The van der Waals surface area contributed by atoms with Crippen molar-refractivity contribution in [3.63, 3.8) is 0 Å². The number of hydrogen-bond acceptors (Lipinski definition) is 6. The summed E-state index contributed by atoms with van der Waals surface area (Å²) in [4.78, 5) is 10.7. The zero-order valence-corrected chi connectivity index (χ0v) is 13.3. The van der Waals surface area contributed by atoms with Gasteiger partial charge >= 0.3 is 0 Å². The van der Waals surface area contributed by atoms with Crippen LogP contribution in [0.3, 0.4) is 0 Å². The van der Waals surface area contributed by atoms with Crippen LogP contribution in [0.4, 0.5) is 5.95 Å². The van der Waals surface area contributed by atoms with Gasteiger partial charge in [-0.2, -0.15) is 4.80 Å². The zero-order chi connectivity index (χ0) is 15.5. The maximum absolute atomic E-state index is 4.57. The van der Waals surface area contributed by atoms with E-state index in [1.54, 1.807) is 12.4 Å². The second kappa shape index (κ2) is 4.49. The Morgan fingerprint density at radius 1 is 1.13 bits per heavy atom. The molecular weight excluding hydrogens is 290 g/mol. The fourth-order valence-corrected chi connectivity index (χ4v) is 5.68. The van der Waals surface area contributed by atoms with Crippen LogP contribution in [0.15, 0.2) is 18.5 Å². The van der Waals surface area contributed by atoms with Crippen LogP contribution in [0, 0.1) is 18.8 Å². The van der Waals surface area contributed by atoms with E-state index in [-0.39, 0.29) is 11.1 Å². The third kappa shape index (κ3) is 2.05. The average molecular weight is 311 g/mol. The molecule has 23 heavy (non-hydrogen) atoms. The fourth-order valence-electron chi connectivity index (χ4n) is 5.68. The van der Waals surface area contributed by atoms with Crippen LogP contribution in [-0.2, 0) is 5.54 Å². The van der Waals surface area contributed by atoms with Crippen molar-refractivity contribution in [2.24, 2.45) is 11.8 Å². The van der Waals surface area contributed by atoms with Gasteiger partial charge in [-0.05, 0) is 68.6 Å². The molecule has 4 fully saturated rings. The fraction of sp³-hybridized carbons (Fsp3) is 0.688. The summed E-state index contributed by atoms with van der Waals surface area (Å²) < 4.78 is 0. The van der Waals surface area contributed by atoms with Crippen molar-refractivity contribution in [2.75, 3.05) is 5.32 Å². The second-order valence-electron chi connectivity index (χ2n) is 7.79. The first-order chi connectivity index (χ1) is 11.1. The minimum absolute atomic E-state index is 0.0210. The molecule has 1 N–H and O–H groups in total. The topological polar surface area (TPSA) is 81.4 Å². The molecule has 0 saturated heterocycles. The lowest BCUT2D eigenvalue weighted by Crippen LogP contribution is -2.63. The first-order valence-electron chi connectivity index (χ1n) is 8.47. The van der Waals surface area contributed by atoms with Crippen molar-refractivity contribution in [1.29, 1.82) is 0 Å². The molecule has 2 aromatic rings. The van der Waals surface area contributed by atoms with Gasteiger partial charge in [0.2, 0.25) is 5.95 Å². The Morgan fingerprint density at radius 2 is 1.87 bits per heavy atom. The Bertz CT molecular complexity index is 711. The molecule has 0 aliphatic heterocycles. The molecule has 2 unspecified atom stereocenters. The average Bonchev–Trinajstić information content (AvgIpc) is 2.94. The van der Waals surface area contributed by atoms with Crippen LogP contribution in [0.1, 0.15) is 44.3 Å². The molecule has 0 spiro atoms. The summed E-state index contributed by atoms with van der Waals surface area (Å²) in [6, 6.07) is 1.86. The van der Waals surface area contributed by atoms with Crippen LogP contribution in [-0.4, -0.2) is 35.7 Å². The van der Waals surface area contributed by atoms with E-state index in [9.17, 15) is 0 Å². The summed E-state index contributed by atoms with van der Waals surface area (Å²) >= 11 is 0. The van der Waals surface area contributed by atoms with Gasteiger partial charge < -0.3 is 5.32 Å². The first-order valence-corrected chi connectivity index (χ1v) is 8.47. The molecule has 4 aliphatic carbocycles. The van der Waals surface area contributed by atoms with Gasteiger partial charge in [0.05, 0.1) is 5.54 Å². The maximum atomic E-state index is 4.57. The molecule has 7 nitrogen and oxygen atoms in total. The first kappa shape index (κ1) is 13.4. The molecule has 0 radical (unpaired) electrons. The lowest BCUT2D eigenvalue weighted by molar-refractivity contribution is -0.0636. The van der Waals surface area contributed by atoms with Gasteiger partial charge in [0.1, 0.15) is 0 Å². The highest BCUT2D eigenvalue weighted by molar-refractivity contribution is 5.32. The zero-order valence-electron chi connectivity index (χ0n) is 13.3. The minimum Gasteiger partial charge on any atom is -0.349 e. The van der Waals surface area contributed by atoms with Crippen LogP contribution >= 0.6 is 0 Å². The van der Waals surface area contributed by atoms with Crippen molar-refractivity contribution >= 4 is 5.95 Å². The SMILES string of the molecule is Cc1nnn(C23CC4CC(CC(Nc5ncccn5)(C4)C2)C3)n1. The molecule has 2 heterocycles. The van der Waals surface area contributed by atoms with Crippen molar-refractivity contribution in [3.05, 3.63) is 24.3 Å². The van der Waals surface area contributed by atoms with Crippen LogP contribution in [0.25, 0.3) is 0 Å². The molecule has 6 rings (SSSR count). The highest BCUT2D eigenvalue weighted by Gasteiger charge is 2.60. The molecule has 0 amide bonds. The van der Waals surface area contributed by atoms with Crippen molar-refractivity contribution in [3.8, 4) is 0 Å². The molecule has 4 bridgehead atoms. The van der Waals surface area contributed by atoms with Gasteiger partial charge in [0, 0.05) is 17.9 Å². The summed E-state index contributed by atoms with van der Waals surface area (Å²) in [6.07, 6.45) is 10.8. The Hall–Kier alpha value is -2.05. The normalized spacial score (nSPS) is 38.0. The van der Waals surface area contributed by atoms with Gasteiger partial charge in [-0.1, -0.05) is 0 Å². The number of aryl methyl sites for hydroxylation is 1. The predicted octanol–water partition coefficient (Wildman–Crippen LogP) is 1.93. The number of hydrogen-bond donors (Lipinski definition) is 1. The van der Waals surface area contributed by atoms with Gasteiger partial charge in [-0.25, -0.2) is 9.97 Å². The lowest BCUT2D eigenvalue weighted by Gasteiger charge is -2.61. The number of nitrogens with zero attached hydrogens (tertiary/aromatic N) is 6. The highest BCUT2D eigenvalue weighted by Crippen LogP contribution is 2.60. The lowest BCUT2D eigenvalue weighted by atomic mass is 9.50. The van der Waals surface area contributed by atoms with Crippen molar-refractivity contribution < 1.29 is 0 Å². The number of anilines is 1. The second-order valence-corrected chi connectivity index (χ2v) is 7.79. The van der Waals surface area contributed by atoms with Crippen molar-refractivity contribution in [1.82, 2.24) is 30.2 Å². The predicted molar refractivity (Wildman–Crippen MR) is 83.6 cm³/mol. The minimum atomic E-state index is 0.0210. The Kier molecular flexibility index (Phi) is 2.61. The quantitative estimate of drug-likeness (QED) is 0.933. The van der Waals surface area contributed by atoms with E-state index in [1.165, 1.54) is 32.1 Å². The van der Waals surface area contributed by atoms with E-state index in [1.807, 2.05) is 17.8 Å². The molecule has 0 aromatic carbocycles. The van der Waals surface area contributed by atoms with Crippen molar-refractivity contribution in [2.45, 2.75) is 56.5 Å². The van der Waals surface area contributed by atoms with E-state index in [4.69, 9.17) is 0 Å². The number of rotatable bonds is 3. The number of nitrogens with one attached hydrogen (secondary N) is 1. The summed E-state index contributed by atoms with van der Waals surface area (Å²) in [6.45, 7) is 1.91. The monoisotopic (exact) mass is 311 g/mol. The maximum Gasteiger partial charge on any atom is 0.223 e. The van der Waals surface area contributed by atoms with Crippen LogP contribution in [0.2, 0.25) is 0 Å². The smallest absolute Gasteiger partial charge is 0.223 e. The largest absolute Gasteiger partial charge is 0.349 e. The Balaban J connectivity index is 1.52. The summed E-state index contributed by atoms with van der Waals surface area (Å²) in [5.74, 6) is 2.97. The van der Waals surface area contributed by atoms with Gasteiger partial charge in [-0.3, -0.25) is 0 Å². The standard InChI is InChI=1S/C16H21N7/c1-11-20-22-23(21-11)16-8-12-5-13(9-16)7-15(6-12,10-16)19-14-17-3-2-4-18-14/h2-4,12-13H,5-10H2,1H3,(H,17,18,19). The van der Waals surface area contributed by atoms with E-state index in [0.29, 0.717) is 0 Å². The molecular formula is C16H21N7. The molecule has 2 atom stereocenters. The third-order valence-corrected chi connectivity index (χ3v) is 5.91. The van der Waals surface area contributed by atoms with Gasteiger partial charge in [0.25, 0.3) is 0 Å². The Labute approximate surface area is 134 Å². The summed E-state index contributed by atoms with van der Waals surface area (Å²) in [5.41, 5.74) is 0.0973. The van der Waals surface area contributed by atoms with Gasteiger partial charge in [0.15, 0.2) is 5.82 Å². The number of tetrazole rings is 1. The summed E-state index contributed by atoms with van der Waals surface area (Å²) in [7, 11) is 0. The summed E-state index contributed by atoms with van der Waals surface area (Å²) in [5, 5.41) is 16.7. The van der Waals surface area contributed by atoms with E-state index >= 15 is 0 Å². The van der Waals surface area contributed by atoms with E-state index < -0.39 is 0 Å². The highest BCUT2D eigenvalue weighted by atomic mass is 15.6. The number of aromatic nitrogens is 6. The molecule has 4 saturated carbocycles. The van der Waals surface area contributed by atoms with Crippen LogP contribution in [0.5, 0.6) is 0 Å². The molecule has 2 aromatic heterocycles. The third-order valence-electron chi connectivity index (χ3n) is 5.91. The molecule has 4 aliphatic rings. The molecule has 120 valence electrons. The van der Waals surface area contributed by atoms with Gasteiger partial charge in [-0.15, -0.1) is 10.2 Å².